The molecule has 0 radical (unpaired) electrons. The number of hydrogen-bond donors (Lipinski definition) is 0. The van der Waals surface area contributed by atoms with E-state index >= 15 is 0 Å². The van der Waals surface area contributed by atoms with Crippen molar-refractivity contribution in [3.63, 3.8) is 0 Å². The second-order valence-corrected chi connectivity index (χ2v) is 7.75. The molecular formula is C19H14FN3OS2. The number of anilines is 1. The maximum absolute atomic E-state index is 13.5. The van der Waals surface area contributed by atoms with E-state index in [1.807, 2.05) is 29.6 Å². The third-order valence-corrected chi connectivity index (χ3v) is 5.76. The summed E-state index contributed by atoms with van der Waals surface area (Å²) in [5.74, 6) is -0.354. The zero-order valence-electron chi connectivity index (χ0n) is 13.6. The van der Waals surface area contributed by atoms with Gasteiger partial charge in [-0.05, 0) is 41.3 Å². The first-order chi connectivity index (χ1) is 12.7. The Hall–Kier alpha value is -2.64. The molecule has 0 aliphatic heterocycles. The molecule has 4 rings (SSSR count). The van der Waals surface area contributed by atoms with Crippen LogP contribution in [0, 0.1) is 5.82 Å². The minimum absolute atomic E-state index is 0.0455. The van der Waals surface area contributed by atoms with Gasteiger partial charge in [0.25, 0.3) is 0 Å². The summed E-state index contributed by atoms with van der Waals surface area (Å²) in [6.07, 6.45) is 3.74. The zero-order chi connectivity index (χ0) is 17.9. The summed E-state index contributed by atoms with van der Waals surface area (Å²) in [7, 11) is 0. The lowest BCUT2D eigenvalue weighted by molar-refractivity contribution is -0.118. The average molecular weight is 383 g/mol. The summed E-state index contributed by atoms with van der Waals surface area (Å²) in [4.78, 5) is 24.3. The molecule has 130 valence electrons. The summed E-state index contributed by atoms with van der Waals surface area (Å²) < 4.78 is 14.2. The van der Waals surface area contributed by atoms with Gasteiger partial charge in [0, 0.05) is 17.3 Å². The minimum Gasteiger partial charge on any atom is -0.283 e. The Morgan fingerprint density at radius 2 is 2.12 bits per heavy atom. The number of thiazole rings is 1. The number of halogens is 1. The molecule has 0 unspecified atom stereocenters. The summed E-state index contributed by atoms with van der Waals surface area (Å²) in [5.41, 5.74) is 1.60. The van der Waals surface area contributed by atoms with Gasteiger partial charge in [0.1, 0.15) is 5.82 Å². The van der Waals surface area contributed by atoms with Crippen LogP contribution in [0.15, 0.2) is 60.2 Å². The first-order valence-corrected chi connectivity index (χ1v) is 9.66. The smallest absolute Gasteiger partial charge is 0.234 e. The van der Waals surface area contributed by atoms with Crippen molar-refractivity contribution in [2.75, 3.05) is 4.90 Å². The Labute approximate surface area is 157 Å². The van der Waals surface area contributed by atoms with Crippen LogP contribution in [0.1, 0.15) is 10.4 Å². The fraction of sp³-hybridized carbons (Fsp3) is 0.105. The predicted molar refractivity (Wildman–Crippen MR) is 103 cm³/mol. The Kier molecular flexibility index (Phi) is 4.73. The standard InChI is InChI=1S/C19H14FN3OS2/c20-14-5-6-16-17(9-14)26-19(22-16)23(12-13-3-1-7-21-11-13)18(24)10-15-4-2-8-25-15/h1-9,11H,10,12H2. The summed E-state index contributed by atoms with van der Waals surface area (Å²) in [6.45, 7) is 0.375. The van der Waals surface area contributed by atoms with Crippen molar-refractivity contribution < 1.29 is 9.18 Å². The quantitative estimate of drug-likeness (QED) is 0.503. The predicted octanol–water partition coefficient (Wildman–Crippen LogP) is 4.67. The van der Waals surface area contributed by atoms with Crippen molar-refractivity contribution >= 4 is 43.9 Å². The Morgan fingerprint density at radius 1 is 1.19 bits per heavy atom. The number of rotatable bonds is 5. The van der Waals surface area contributed by atoms with Gasteiger partial charge in [-0.25, -0.2) is 9.37 Å². The number of carbonyl (C=O) groups is 1. The molecule has 0 spiro atoms. The van der Waals surface area contributed by atoms with Crippen LogP contribution < -0.4 is 4.90 Å². The topological polar surface area (TPSA) is 46.1 Å². The summed E-state index contributed by atoms with van der Waals surface area (Å²) in [6, 6.07) is 12.1. The van der Waals surface area contributed by atoms with E-state index in [0.717, 1.165) is 15.1 Å². The van der Waals surface area contributed by atoms with Crippen LogP contribution in [-0.2, 0) is 17.8 Å². The fourth-order valence-corrected chi connectivity index (χ4v) is 4.30. The van der Waals surface area contributed by atoms with Crippen molar-refractivity contribution in [1.29, 1.82) is 0 Å². The van der Waals surface area contributed by atoms with Crippen LogP contribution in [0.3, 0.4) is 0 Å². The molecule has 0 aliphatic carbocycles. The molecule has 0 N–H and O–H groups in total. The van der Waals surface area contributed by atoms with E-state index in [1.165, 1.54) is 23.5 Å². The number of aromatic nitrogens is 2. The van der Waals surface area contributed by atoms with Gasteiger partial charge >= 0.3 is 0 Å². The lowest BCUT2D eigenvalue weighted by Gasteiger charge is -2.19. The molecule has 0 atom stereocenters. The SMILES string of the molecule is O=C(Cc1cccs1)N(Cc1cccnc1)c1nc2ccc(F)cc2s1. The highest BCUT2D eigenvalue weighted by molar-refractivity contribution is 7.22. The number of carbonyl (C=O) groups excluding carboxylic acids is 1. The van der Waals surface area contributed by atoms with E-state index in [1.54, 1.807) is 34.7 Å². The molecule has 1 amide bonds. The maximum Gasteiger partial charge on any atom is 0.234 e. The maximum atomic E-state index is 13.5. The Morgan fingerprint density at radius 3 is 2.88 bits per heavy atom. The van der Waals surface area contributed by atoms with Gasteiger partial charge in [-0.2, -0.15) is 0 Å². The second-order valence-electron chi connectivity index (χ2n) is 5.71. The van der Waals surface area contributed by atoms with Gasteiger partial charge in [-0.15, -0.1) is 11.3 Å². The molecule has 0 saturated heterocycles. The number of benzene rings is 1. The van der Waals surface area contributed by atoms with E-state index in [4.69, 9.17) is 0 Å². The van der Waals surface area contributed by atoms with Crippen molar-refractivity contribution in [1.82, 2.24) is 9.97 Å². The van der Waals surface area contributed by atoms with E-state index in [0.29, 0.717) is 23.6 Å². The van der Waals surface area contributed by atoms with Gasteiger partial charge in [0.05, 0.1) is 23.2 Å². The molecule has 0 fully saturated rings. The van der Waals surface area contributed by atoms with Crippen LogP contribution in [0.5, 0.6) is 0 Å². The van der Waals surface area contributed by atoms with Crippen LogP contribution in [-0.4, -0.2) is 15.9 Å². The molecule has 0 bridgehead atoms. The van der Waals surface area contributed by atoms with Crippen LogP contribution in [0.2, 0.25) is 0 Å². The molecule has 1 aromatic carbocycles. The lowest BCUT2D eigenvalue weighted by atomic mass is 10.2. The molecule has 7 heteroatoms. The summed E-state index contributed by atoms with van der Waals surface area (Å²) >= 11 is 2.87. The molecule has 4 nitrogen and oxygen atoms in total. The second kappa shape index (κ2) is 7.31. The Balaban J connectivity index is 1.69. The van der Waals surface area contributed by atoms with Crippen molar-refractivity contribution in [3.05, 3.63) is 76.5 Å². The lowest BCUT2D eigenvalue weighted by Crippen LogP contribution is -2.31. The van der Waals surface area contributed by atoms with Crippen molar-refractivity contribution in [2.24, 2.45) is 0 Å². The third kappa shape index (κ3) is 3.63. The van der Waals surface area contributed by atoms with E-state index < -0.39 is 0 Å². The monoisotopic (exact) mass is 383 g/mol. The number of nitrogens with zero attached hydrogens (tertiary/aromatic N) is 3. The van der Waals surface area contributed by atoms with E-state index in [-0.39, 0.29) is 11.7 Å². The zero-order valence-corrected chi connectivity index (χ0v) is 15.3. The molecule has 3 aromatic heterocycles. The third-order valence-electron chi connectivity index (χ3n) is 3.84. The van der Waals surface area contributed by atoms with Gasteiger partial charge in [0.2, 0.25) is 5.91 Å². The molecule has 0 aliphatic rings. The largest absolute Gasteiger partial charge is 0.283 e. The van der Waals surface area contributed by atoms with E-state index in [2.05, 4.69) is 9.97 Å². The number of thiophene rings is 1. The first-order valence-electron chi connectivity index (χ1n) is 7.97. The van der Waals surface area contributed by atoms with Crippen molar-refractivity contribution in [3.8, 4) is 0 Å². The van der Waals surface area contributed by atoms with Gasteiger partial charge in [-0.1, -0.05) is 23.5 Å². The Bertz CT molecular complexity index is 1030. The summed E-state index contributed by atoms with van der Waals surface area (Å²) in [5, 5.41) is 2.52. The highest BCUT2D eigenvalue weighted by Gasteiger charge is 2.21. The molecular weight excluding hydrogens is 369 g/mol. The van der Waals surface area contributed by atoms with Gasteiger partial charge in [-0.3, -0.25) is 14.7 Å². The number of hydrogen-bond acceptors (Lipinski definition) is 5. The van der Waals surface area contributed by atoms with Crippen molar-refractivity contribution in [2.45, 2.75) is 13.0 Å². The molecule has 26 heavy (non-hydrogen) atoms. The average Bonchev–Trinajstić information content (AvgIpc) is 3.29. The van der Waals surface area contributed by atoms with E-state index in [9.17, 15) is 9.18 Å². The minimum atomic E-state index is -0.309. The molecule has 0 saturated carbocycles. The number of pyridine rings is 1. The highest BCUT2D eigenvalue weighted by Crippen LogP contribution is 2.31. The van der Waals surface area contributed by atoms with Crippen LogP contribution in [0.4, 0.5) is 9.52 Å². The fourth-order valence-electron chi connectivity index (χ4n) is 2.60. The highest BCUT2D eigenvalue weighted by atomic mass is 32.1. The molecule has 4 aromatic rings. The number of amides is 1. The molecule has 3 heterocycles. The van der Waals surface area contributed by atoms with Gasteiger partial charge < -0.3 is 0 Å². The normalized spacial score (nSPS) is 11.0. The van der Waals surface area contributed by atoms with Crippen LogP contribution >= 0.6 is 22.7 Å². The number of fused-ring (bicyclic) bond motifs is 1. The van der Waals surface area contributed by atoms with Crippen LogP contribution in [0.25, 0.3) is 10.2 Å². The van der Waals surface area contributed by atoms with Gasteiger partial charge in [0.15, 0.2) is 5.13 Å². The first kappa shape index (κ1) is 16.8.